The Morgan fingerprint density at radius 1 is 0.789 bits per heavy atom. The minimum Gasteiger partial charge on any atom is -0.0898 e. The zero-order valence-corrected chi connectivity index (χ0v) is 14.4. The van der Waals surface area contributed by atoms with E-state index in [1.165, 1.54) is 51.4 Å². The molecule has 0 unspecified atom stereocenters. The molecular formula is C18H35Cl. The standard InChI is InChI=1S/C18H35Cl/c1-15(2)9-6-10-16(3)11-7-12-17(4)13-8-14-18(5)19/h15-17H,5-14H2,1-4H3/t16-,17-/m1/s1. The molecular weight excluding hydrogens is 252 g/mol. The van der Waals surface area contributed by atoms with E-state index >= 15 is 0 Å². The van der Waals surface area contributed by atoms with Gasteiger partial charge in [0.2, 0.25) is 0 Å². The Balaban J connectivity index is 3.42. The van der Waals surface area contributed by atoms with E-state index in [4.69, 9.17) is 11.6 Å². The van der Waals surface area contributed by atoms with Gasteiger partial charge in [-0.05, 0) is 30.6 Å². The summed E-state index contributed by atoms with van der Waals surface area (Å²) in [6.45, 7) is 13.2. The molecule has 2 atom stereocenters. The molecule has 0 fully saturated rings. The van der Waals surface area contributed by atoms with Gasteiger partial charge in [-0.3, -0.25) is 0 Å². The summed E-state index contributed by atoms with van der Waals surface area (Å²) in [5.74, 6) is 2.62. The highest BCUT2D eigenvalue weighted by molar-refractivity contribution is 6.29. The minimum atomic E-state index is 0.811. The third-order valence-corrected chi connectivity index (χ3v) is 4.21. The zero-order valence-electron chi connectivity index (χ0n) is 13.7. The van der Waals surface area contributed by atoms with Gasteiger partial charge in [-0.15, -0.1) is 0 Å². The molecule has 0 radical (unpaired) electrons. The van der Waals surface area contributed by atoms with Gasteiger partial charge in [0.05, 0.1) is 0 Å². The van der Waals surface area contributed by atoms with Crippen LogP contribution in [0.5, 0.6) is 0 Å². The number of hydrogen-bond acceptors (Lipinski definition) is 0. The molecule has 0 aliphatic heterocycles. The molecule has 0 aliphatic carbocycles. The maximum absolute atomic E-state index is 5.78. The van der Waals surface area contributed by atoms with Gasteiger partial charge in [-0.2, -0.15) is 0 Å². The lowest BCUT2D eigenvalue weighted by atomic mass is 9.92. The molecule has 1 heteroatoms. The van der Waals surface area contributed by atoms with Crippen LogP contribution in [0, 0.1) is 17.8 Å². The van der Waals surface area contributed by atoms with E-state index in [-0.39, 0.29) is 0 Å². The maximum atomic E-state index is 5.78. The van der Waals surface area contributed by atoms with Gasteiger partial charge < -0.3 is 0 Å². The number of halogens is 1. The van der Waals surface area contributed by atoms with E-state index in [0.29, 0.717) is 0 Å². The number of rotatable bonds is 12. The highest BCUT2D eigenvalue weighted by atomic mass is 35.5. The molecule has 0 bridgehead atoms. The monoisotopic (exact) mass is 286 g/mol. The molecule has 0 aromatic heterocycles. The van der Waals surface area contributed by atoms with Crippen molar-refractivity contribution < 1.29 is 0 Å². The lowest BCUT2D eigenvalue weighted by molar-refractivity contribution is 0.389. The van der Waals surface area contributed by atoms with Crippen LogP contribution in [0.4, 0.5) is 0 Å². The second-order valence-corrected chi connectivity index (χ2v) is 7.41. The SMILES string of the molecule is C=C(Cl)CCC[C@H](C)CCC[C@H](C)CCCC(C)C. The summed E-state index contributed by atoms with van der Waals surface area (Å²) in [5, 5.41) is 0.811. The molecule has 0 aromatic rings. The van der Waals surface area contributed by atoms with Crippen molar-refractivity contribution in [1.29, 1.82) is 0 Å². The van der Waals surface area contributed by atoms with Crippen molar-refractivity contribution in [3.8, 4) is 0 Å². The van der Waals surface area contributed by atoms with Gasteiger partial charge in [0.15, 0.2) is 0 Å². The fourth-order valence-corrected chi connectivity index (χ4v) is 2.75. The highest BCUT2D eigenvalue weighted by Crippen LogP contribution is 2.22. The summed E-state index contributed by atoms with van der Waals surface area (Å²) >= 11 is 5.78. The second kappa shape index (κ2) is 11.8. The van der Waals surface area contributed by atoms with Crippen LogP contribution in [-0.4, -0.2) is 0 Å². The first kappa shape index (κ1) is 19.0. The van der Waals surface area contributed by atoms with Crippen molar-refractivity contribution in [3.05, 3.63) is 11.6 Å². The van der Waals surface area contributed by atoms with Gasteiger partial charge in [-0.1, -0.05) is 90.8 Å². The summed E-state index contributed by atoms with van der Waals surface area (Å²) in [6.07, 6.45) is 11.9. The second-order valence-electron chi connectivity index (χ2n) is 6.88. The third-order valence-electron chi connectivity index (χ3n) is 4.02. The number of hydrogen-bond donors (Lipinski definition) is 0. The van der Waals surface area contributed by atoms with Crippen LogP contribution >= 0.6 is 11.6 Å². The van der Waals surface area contributed by atoms with Crippen LogP contribution in [-0.2, 0) is 0 Å². The predicted octanol–water partition coefficient (Wildman–Crippen LogP) is 7.18. The van der Waals surface area contributed by atoms with E-state index in [0.717, 1.165) is 29.2 Å². The maximum Gasteiger partial charge on any atom is 0.0109 e. The molecule has 0 saturated heterocycles. The van der Waals surface area contributed by atoms with Gasteiger partial charge in [0.25, 0.3) is 0 Å². The van der Waals surface area contributed by atoms with Crippen molar-refractivity contribution in [1.82, 2.24) is 0 Å². The summed E-state index contributed by atoms with van der Waals surface area (Å²) < 4.78 is 0. The van der Waals surface area contributed by atoms with Crippen molar-refractivity contribution >= 4 is 11.6 Å². The average Bonchev–Trinajstić information content (AvgIpc) is 2.27. The predicted molar refractivity (Wildman–Crippen MR) is 89.7 cm³/mol. The van der Waals surface area contributed by atoms with Crippen LogP contribution in [0.1, 0.15) is 85.5 Å². The van der Waals surface area contributed by atoms with E-state index in [1.54, 1.807) is 0 Å². The van der Waals surface area contributed by atoms with Crippen LogP contribution in [0.25, 0.3) is 0 Å². The molecule has 0 aromatic carbocycles. The van der Waals surface area contributed by atoms with Gasteiger partial charge in [0.1, 0.15) is 0 Å². The topological polar surface area (TPSA) is 0 Å². The van der Waals surface area contributed by atoms with Crippen molar-refractivity contribution in [2.24, 2.45) is 17.8 Å². The Morgan fingerprint density at radius 3 is 1.63 bits per heavy atom. The largest absolute Gasteiger partial charge is 0.0898 e. The quantitative estimate of drug-likeness (QED) is 0.356. The van der Waals surface area contributed by atoms with Crippen molar-refractivity contribution in [3.63, 3.8) is 0 Å². The van der Waals surface area contributed by atoms with E-state index in [9.17, 15) is 0 Å². The van der Waals surface area contributed by atoms with Crippen LogP contribution in [0.2, 0.25) is 0 Å². The molecule has 0 heterocycles. The first-order valence-corrected chi connectivity index (χ1v) is 8.62. The molecule has 0 rings (SSSR count). The molecule has 0 amide bonds. The Labute approximate surface area is 127 Å². The summed E-state index contributed by atoms with van der Waals surface area (Å²) in [4.78, 5) is 0. The first-order chi connectivity index (χ1) is 8.91. The summed E-state index contributed by atoms with van der Waals surface area (Å²) in [7, 11) is 0. The van der Waals surface area contributed by atoms with Crippen molar-refractivity contribution in [2.75, 3.05) is 0 Å². The zero-order chi connectivity index (χ0) is 14.7. The van der Waals surface area contributed by atoms with E-state index in [2.05, 4.69) is 34.3 Å². The van der Waals surface area contributed by atoms with Crippen LogP contribution < -0.4 is 0 Å². The Bertz CT molecular complexity index is 220. The smallest absolute Gasteiger partial charge is 0.0109 e. The fraction of sp³-hybridized carbons (Fsp3) is 0.889. The molecule has 0 N–H and O–H groups in total. The normalized spacial score (nSPS) is 14.6. The lowest BCUT2D eigenvalue weighted by Crippen LogP contribution is -2.00. The van der Waals surface area contributed by atoms with Crippen LogP contribution in [0.15, 0.2) is 11.6 Å². The molecule has 114 valence electrons. The Morgan fingerprint density at radius 2 is 1.21 bits per heavy atom. The minimum absolute atomic E-state index is 0.811. The van der Waals surface area contributed by atoms with Gasteiger partial charge >= 0.3 is 0 Å². The third kappa shape index (κ3) is 14.3. The number of allylic oxidation sites excluding steroid dienone is 1. The van der Waals surface area contributed by atoms with E-state index < -0.39 is 0 Å². The average molecular weight is 287 g/mol. The summed E-state index contributed by atoms with van der Waals surface area (Å²) in [6, 6.07) is 0. The lowest BCUT2D eigenvalue weighted by Gasteiger charge is -2.14. The van der Waals surface area contributed by atoms with Crippen molar-refractivity contribution in [2.45, 2.75) is 85.5 Å². The molecule has 0 spiro atoms. The first-order valence-electron chi connectivity index (χ1n) is 8.25. The highest BCUT2D eigenvalue weighted by Gasteiger charge is 2.06. The van der Waals surface area contributed by atoms with Gasteiger partial charge in [0, 0.05) is 5.03 Å². The van der Waals surface area contributed by atoms with E-state index in [1.807, 2.05) is 0 Å². The Kier molecular flexibility index (Phi) is 11.8. The fourth-order valence-electron chi connectivity index (χ4n) is 2.62. The molecule has 0 saturated carbocycles. The molecule has 0 aliphatic rings. The Hall–Kier alpha value is 0.0300. The molecule has 0 nitrogen and oxygen atoms in total. The molecule has 19 heavy (non-hydrogen) atoms. The van der Waals surface area contributed by atoms with Crippen LogP contribution in [0.3, 0.4) is 0 Å². The summed E-state index contributed by atoms with van der Waals surface area (Å²) in [5.41, 5.74) is 0. The van der Waals surface area contributed by atoms with Gasteiger partial charge in [-0.25, -0.2) is 0 Å².